The van der Waals surface area contributed by atoms with E-state index in [0.717, 1.165) is 5.56 Å². The molecule has 150 valence electrons. The van der Waals surface area contributed by atoms with Crippen LogP contribution < -0.4 is 10.6 Å². The summed E-state index contributed by atoms with van der Waals surface area (Å²) in [6, 6.07) is 15.1. The zero-order valence-electron chi connectivity index (χ0n) is 16.0. The lowest BCUT2D eigenvalue weighted by atomic mass is 10.2. The van der Waals surface area contributed by atoms with Crippen LogP contribution in [-0.4, -0.2) is 61.0 Å². The first-order valence-corrected chi connectivity index (χ1v) is 9.44. The summed E-state index contributed by atoms with van der Waals surface area (Å²) in [4.78, 5) is 28.0. The van der Waals surface area contributed by atoms with Crippen LogP contribution in [0, 0.1) is 17.7 Å². The van der Waals surface area contributed by atoms with Gasteiger partial charge in [0.1, 0.15) is 5.82 Å². The van der Waals surface area contributed by atoms with Gasteiger partial charge in [-0.05, 0) is 36.4 Å². The van der Waals surface area contributed by atoms with Crippen molar-refractivity contribution in [2.24, 2.45) is 0 Å². The van der Waals surface area contributed by atoms with Crippen LogP contribution in [0.3, 0.4) is 0 Å². The average molecular weight is 394 g/mol. The Hall–Kier alpha value is -3.37. The van der Waals surface area contributed by atoms with Crippen LogP contribution >= 0.6 is 0 Å². The SMILES string of the molecule is O=C(CN1CCN(C(=O)NCC#Cc2ccccc2)CC1)Nc1ccc(F)cc1. The fraction of sp³-hybridized carbons (Fsp3) is 0.273. The van der Waals surface area contributed by atoms with Crippen LogP contribution in [0.5, 0.6) is 0 Å². The molecule has 2 aromatic rings. The van der Waals surface area contributed by atoms with Crippen LogP contribution in [0.1, 0.15) is 5.56 Å². The monoisotopic (exact) mass is 394 g/mol. The van der Waals surface area contributed by atoms with Crippen molar-refractivity contribution in [3.05, 3.63) is 66.0 Å². The Labute approximate surface area is 169 Å². The maximum absolute atomic E-state index is 12.9. The molecule has 6 nitrogen and oxygen atoms in total. The minimum absolute atomic E-state index is 0.150. The van der Waals surface area contributed by atoms with Gasteiger partial charge in [-0.2, -0.15) is 0 Å². The fourth-order valence-corrected chi connectivity index (χ4v) is 2.95. The first-order chi connectivity index (χ1) is 14.1. The Kier molecular flexibility index (Phi) is 7.20. The van der Waals surface area contributed by atoms with E-state index in [4.69, 9.17) is 0 Å². The fourth-order valence-electron chi connectivity index (χ4n) is 2.95. The molecule has 0 atom stereocenters. The number of amides is 3. The molecule has 0 aliphatic carbocycles. The third kappa shape index (κ3) is 6.63. The van der Waals surface area contributed by atoms with Gasteiger partial charge in [0.25, 0.3) is 0 Å². The minimum Gasteiger partial charge on any atom is -0.327 e. The highest BCUT2D eigenvalue weighted by molar-refractivity contribution is 5.92. The first kappa shape index (κ1) is 20.4. The quantitative estimate of drug-likeness (QED) is 0.781. The number of carbonyl (C=O) groups excluding carboxylic acids is 2. The van der Waals surface area contributed by atoms with Gasteiger partial charge in [-0.3, -0.25) is 9.69 Å². The van der Waals surface area contributed by atoms with Crippen LogP contribution in [-0.2, 0) is 4.79 Å². The van der Waals surface area contributed by atoms with Gasteiger partial charge < -0.3 is 15.5 Å². The van der Waals surface area contributed by atoms with Crippen molar-refractivity contribution in [1.29, 1.82) is 0 Å². The predicted octanol–water partition coefficient (Wildman–Crippen LogP) is 2.14. The second-order valence-electron chi connectivity index (χ2n) is 6.64. The molecule has 1 fully saturated rings. The van der Waals surface area contributed by atoms with E-state index in [1.165, 1.54) is 24.3 Å². The summed E-state index contributed by atoms with van der Waals surface area (Å²) >= 11 is 0. The number of benzene rings is 2. The molecule has 0 radical (unpaired) electrons. The smallest absolute Gasteiger partial charge is 0.318 e. The maximum Gasteiger partial charge on any atom is 0.318 e. The van der Waals surface area contributed by atoms with E-state index in [-0.39, 0.29) is 30.8 Å². The summed E-state index contributed by atoms with van der Waals surface area (Å²) in [6.07, 6.45) is 0. The molecule has 1 aliphatic heterocycles. The highest BCUT2D eigenvalue weighted by atomic mass is 19.1. The second kappa shape index (κ2) is 10.2. The lowest BCUT2D eigenvalue weighted by molar-refractivity contribution is -0.117. The van der Waals surface area contributed by atoms with Gasteiger partial charge in [0.05, 0.1) is 13.1 Å². The molecule has 0 unspecified atom stereocenters. The molecule has 1 heterocycles. The molecular formula is C22H23FN4O2. The molecule has 7 heteroatoms. The number of nitrogens with zero attached hydrogens (tertiary/aromatic N) is 2. The first-order valence-electron chi connectivity index (χ1n) is 9.44. The Morgan fingerprint density at radius 1 is 0.966 bits per heavy atom. The summed E-state index contributed by atoms with van der Waals surface area (Å²) in [5.74, 6) is 5.43. The lowest BCUT2D eigenvalue weighted by Crippen LogP contribution is -2.53. The third-order valence-corrected chi connectivity index (χ3v) is 4.49. The molecular weight excluding hydrogens is 371 g/mol. The molecule has 2 N–H and O–H groups in total. The largest absolute Gasteiger partial charge is 0.327 e. The van der Waals surface area contributed by atoms with Gasteiger partial charge in [0, 0.05) is 37.4 Å². The van der Waals surface area contributed by atoms with Gasteiger partial charge in [-0.1, -0.05) is 30.0 Å². The molecule has 0 aromatic heterocycles. The number of rotatable bonds is 4. The molecule has 1 saturated heterocycles. The Morgan fingerprint density at radius 2 is 1.66 bits per heavy atom. The van der Waals surface area contributed by atoms with E-state index in [2.05, 4.69) is 22.5 Å². The van der Waals surface area contributed by atoms with E-state index >= 15 is 0 Å². The van der Waals surface area contributed by atoms with E-state index in [9.17, 15) is 14.0 Å². The van der Waals surface area contributed by atoms with E-state index in [1.807, 2.05) is 35.2 Å². The number of hydrogen-bond donors (Lipinski definition) is 2. The number of halogens is 1. The average Bonchev–Trinajstić information content (AvgIpc) is 2.74. The van der Waals surface area contributed by atoms with E-state index in [0.29, 0.717) is 31.9 Å². The number of carbonyl (C=O) groups is 2. The summed E-state index contributed by atoms with van der Waals surface area (Å²) < 4.78 is 12.9. The maximum atomic E-state index is 12.9. The topological polar surface area (TPSA) is 64.7 Å². The van der Waals surface area contributed by atoms with Crippen LogP contribution in [0.4, 0.5) is 14.9 Å². The molecule has 3 rings (SSSR count). The van der Waals surface area contributed by atoms with Crippen molar-refractivity contribution >= 4 is 17.6 Å². The number of nitrogens with one attached hydrogen (secondary N) is 2. The van der Waals surface area contributed by atoms with Crippen LogP contribution in [0.2, 0.25) is 0 Å². The van der Waals surface area contributed by atoms with Crippen molar-refractivity contribution in [1.82, 2.24) is 15.1 Å². The highest BCUT2D eigenvalue weighted by Gasteiger charge is 2.22. The van der Waals surface area contributed by atoms with Gasteiger partial charge in [-0.25, -0.2) is 9.18 Å². The minimum atomic E-state index is -0.344. The Morgan fingerprint density at radius 3 is 2.34 bits per heavy atom. The number of anilines is 1. The molecule has 29 heavy (non-hydrogen) atoms. The number of hydrogen-bond acceptors (Lipinski definition) is 3. The molecule has 0 spiro atoms. The normalized spacial score (nSPS) is 13.9. The third-order valence-electron chi connectivity index (χ3n) is 4.49. The summed E-state index contributed by atoms with van der Waals surface area (Å²) in [5, 5.41) is 5.54. The van der Waals surface area contributed by atoms with E-state index in [1.54, 1.807) is 4.90 Å². The molecule has 0 bridgehead atoms. The zero-order chi connectivity index (χ0) is 20.5. The lowest BCUT2D eigenvalue weighted by Gasteiger charge is -2.34. The van der Waals surface area contributed by atoms with Gasteiger partial charge in [0.2, 0.25) is 5.91 Å². The van der Waals surface area contributed by atoms with Crippen molar-refractivity contribution in [2.75, 3.05) is 44.6 Å². The molecule has 2 aromatic carbocycles. The van der Waals surface area contributed by atoms with Crippen molar-refractivity contribution in [3.8, 4) is 11.8 Å². The number of urea groups is 1. The van der Waals surface area contributed by atoms with E-state index < -0.39 is 0 Å². The summed E-state index contributed by atoms with van der Waals surface area (Å²) in [7, 11) is 0. The second-order valence-corrected chi connectivity index (χ2v) is 6.64. The standard InChI is InChI=1S/C22H23FN4O2/c23-19-8-10-20(11-9-19)25-21(28)17-26-13-15-27(16-14-26)22(29)24-12-4-7-18-5-2-1-3-6-18/h1-3,5-6,8-11H,12-17H2,(H,24,29)(H,25,28). The summed E-state index contributed by atoms with van der Waals surface area (Å²) in [5.41, 5.74) is 1.47. The summed E-state index contributed by atoms with van der Waals surface area (Å²) in [6.45, 7) is 2.83. The van der Waals surface area contributed by atoms with Crippen molar-refractivity contribution in [3.63, 3.8) is 0 Å². The van der Waals surface area contributed by atoms with Crippen LogP contribution in [0.25, 0.3) is 0 Å². The Balaban J connectivity index is 1.36. The molecule has 0 saturated carbocycles. The highest BCUT2D eigenvalue weighted by Crippen LogP contribution is 2.09. The van der Waals surface area contributed by atoms with Crippen molar-refractivity contribution < 1.29 is 14.0 Å². The molecule has 1 aliphatic rings. The van der Waals surface area contributed by atoms with Gasteiger partial charge in [-0.15, -0.1) is 0 Å². The molecule has 3 amide bonds. The zero-order valence-corrected chi connectivity index (χ0v) is 16.0. The van der Waals surface area contributed by atoms with Crippen LogP contribution in [0.15, 0.2) is 54.6 Å². The van der Waals surface area contributed by atoms with Crippen molar-refractivity contribution in [2.45, 2.75) is 0 Å². The predicted molar refractivity (Wildman–Crippen MR) is 110 cm³/mol. The van der Waals surface area contributed by atoms with Gasteiger partial charge in [0.15, 0.2) is 0 Å². The van der Waals surface area contributed by atoms with Gasteiger partial charge >= 0.3 is 6.03 Å². The number of piperazine rings is 1. The Bertz CT molecular complexity index is 883.